The number of alkyl halides is 3. The Morgan fingerprint density at radius 3 is 2.61 bits per heavy atom. The van der Waals surface area contributed by atoms with E-state index in [0.717, 1.165) is 23.1 Å². The van der Waals surface area contributed by atoms with Crippen LogP contribution in [0.15, 0.2) is 24.3 Å². The summed E-state index contributed by atoms with van der Waals surface area (Å²) < 4.78 is 52.1. The molecular weight excluding hydrogens is 413 g/mol. The van der Waals surface area contributed by atoms with Crippen LogP contribution in [0.2, 0.25) is 0 Å². The predicted octanol–water partition coefficient (Wildman–Crippen LogP) is 3.57. The summed E-state index contributed by atoms with van der Waals surface area (Å²) in [5.41, 5.74) is 0.897. The predicted molar refractivity (Wildman–Crippen MR) is 108 cm³/mol. The Kier molecular flexibility index (Phi) is 5.72. The molecule has 1 saturated carbocycles. The average Bonchev–Trinajstić information content (AvgIpc) is 3.50. The van der Waals surface area contributed by atoms with Crippen LogP contribution in [0.1, 0.15) is 41.4 Å². The molecule has 0 spiro atoms. The van der Waals surface area contributed by atoms with Crippen LogP contribution < -0.4 is 20.1 Å². The maximum absolute atomic E-state index is 13.6. The lowest BCUT2D eigenvalue weighted by atomic mass is 10.0. The van der Waals surface area contributed by atoms with Gasteiger partial charge in [0.25, 0.3) is 5.91 Å². The van der Waals surface area contributed by atoms with E-state index in [0.29, 0.717) is 24.5 Å². The Morgan fingerprint density at radius 1 is 1.23 bits per heavy atom. The van der Waals surface area contributed by atoms with Crippen LogP contribution in [0, 0.1) is 5.92 Å². The molecule has 31 heavy (non-hydrogen) atoms. The minimum atomic E-state index is -4.42. The molecular formula is C21H25F3N4O3. The largest absolute Gasteiger partial charge is 0.493 e. The van der Waals surface area contributed by atoms with Crippen LogP contribution >= 0.6 is 0 Å². The second-order valence-corrected chi connectivity index (χ2v) is 7.94. The number of carbonyl (C=O) groups excluding carboxylic acids is 1. The van der Waals surface area contributed by atoms with Gasteiger partial charge in [-0.25, -0.2) is 4.68 Å². The normalized spacial score (nSPS) is 20.5. The number of amides is 1. The molecule has 2 atom stereocenters. The molecule has 4 rings (SSSR count). The van der Waals surface area contributed by atoms with Crippen LogP contribution in [-0.2, 0) is 6.42 Å². The van der Waals surface area contributed by atoms with Gasteiger partial charge in [-0.15, -0.1) is 0 Å². The van der Waals surface area contributed by atoms with Crippen molar-refractivity contribution in [2.24, 2.45) is 5.92 Å². The Labute approximate surface area is 177 Å². The van der Waals surface area contributed by atoms with Gasteiger partial charge in [0.2, 0.25) is 0 Å². The smallest absolute Gasteiger partial charge is 0.410 e. The first-order valence-electron chi connectivity index (χ1n) is 10.2. The number of aromatic nitrogens is 2. The van der Waals surface area contributed by atoms with E-state index in [-0.39, 0.29) is 29.9 Å². The zero-order valence-electron chi connectivity index (χ0n) is 17.3. The third kappa shape index (κ3) is 4.57. The number of nitrogens with one attached hydrogen (secondary N) is 2. The number of hydrogen-bond donors (Lipinski definition) is 2. The van der Waals surface area contributed by atoms with Gasteiger partial charge in [0.1, 0.15) is 5.82 Å². The van der Waals surface area contributed by atoms with Gasteiger partial charge in [-0.3, -0.25) is 4.79 Å². The Balaban J connectivity index is 1.42. The van der Waals surface area contributed by atoms with E-state index >= 15 is 0 Å². The van der Waals surface area contributed by atoms with E-state index in [1.54, 1.807) is 20.3 Å². The number of benzene rings is 1. The monoisotopic (exact) mass is 438 g/mol. The quantitative estimate of drug-likeness (QED) is 0.691. The van der Waals surface area contributed by atoms with Crippen LogP contribution in [0.25, 0.3) is 0 Å². The molecule has 1 amide bonds. The molecule has 1 aromatic carbocycles. The molecule has 1 fully saturated rings. The Morgan fingerprint density at radius 2 is 1.97 bits per heavy atom. The van der Waals surface area contributed by atoms with Crippen molar-refractivity contribution in [2.75, 3.05) is 26.1 Å². The molecule has 1 aliphatic heterocycles. The molecule has 2 heterocycles. The summed E-state index contributed by atoms with van der Waals surface area (Å²) in [6.45, 7) is 0.303. The number of hydrogen-bond acceptors (Lipinski definition) is 5. The zero-order chi connectivity index (χ0) is 22.2. The van der Waals surface area contributed by atoms with Gasteiger partial charge in [0, 0.05) is 18.7 Å². The minimum Gasteiger partial charge on any atom is -0.493 e. The molecule has 2 aromatic rings. The van der Waals surface area contributed by atoms with Crippen molar-refractivity contribution in [3.05, 3.63) is 35.5 Å². The highest BCUT2D eigenvalue weighted by Crippen LogP contribution is 2.45. The van der Waals surface area contributed by atoms with Crippen LogP contribution in [0.4, 0.5) is 19.0 Å². The number of fused-ring (bicyclic) bond motifs is 1. The zero-order valence-corrected chi connectivity index (χ0v) is 17.3. The van der Waals surface area contributed by atoms with Gasteiger partial charge >= 0.3 is 6.18 Å². The van der Waals surface area contributed by atoms with Gasteiger partial charge in [-0.2, -0.15) is 18.3 Å². The van der Waals surface area contributed by atoms with E-state index < -0.39 is 18.1 Å². The molecule has 7 nitrogen and oxygen atoms in total. The molecule has 10 heteroatoms. The van der Waals surface area contributed by atoms with E-state index in [9.17, 15) is 18.0 Å². The SMILES string of the molecule is COc1ccc(CCNC(=O)c2cc3n(n2)[C@H](C(F)(F)F)C[C@H](C2CC2)N3)cc1OC. The van der Waals surface area contributed by atoms with E-state index in [2.05, 4.69) is 15.7 Å². The molecule has 0 bridgehead atoms. The molecule has 1 aromatic heterocycles. The second-order valence-electron chi connectivity index (χ2n) is 7.94. The molecule has 0 unspecified atom stereocenters. The number of nitrogens with zero attached hydrogens (tertiary/aromatic N) is 2. The van der Waals surface area contributed by atoms with Crippen molar-refractivity contribution in [1.29, 1.82) is 0 Å². The highest BCUT2D eigenvalue weighted by Gasteiger charge is 2.49. The van der Waals surface area contributed by atoms with E-state index in [4.69, 9.17) is 9.47 Å². The van der Waals surface area contributed by atoms with Crippen LogP contribution in [-0.4, -0.2) is 48.7 Å². The lowest BCUT2D eigenvalue weighted by Gasteiger charge is -2.33. The van der Waals surface area contributed by atoms with E-state index in [1.165, 1.54) is 6.07 Å². The van der Waals surface area contributed by atoms with Gasteiger partial charge in [0.05, 0.1) is 14.2 Å². The number of anilines is 1. The summed E-state index contributed by atoms with van der Waals surface area (Å²) in [6, 6.07) is 4.89. The van der Waals surface area contributed by atoms with Crippen LogP contribution in [0.5, 0.6) is 11.5 Å². The molecule has 0 radical (unpaired) electrons. The average molecular weight is 438 g/mol. The Hall–Kier alpha value is -2.91. The Bertz CT molecular complexity index is 956. The fraction of sp³-hybridized carbons (Fsp3) is 0.524. The number of ether oxygens (including phenoxy) is 2. The summed E-state index contributed by atoms with van der Waals surface area (Å²) in [5.74, 6) is 1.19. The van der Waals surface area contributed by atoms with Gasteiger partial charge in [-0.1, -0.05) is 6.07 Å². The van der Waals surface area contributed by atoms with Crippen molar-refractivity contribution >= 4 is 11.7 Å². The number of methoxy groups -OCH3 is 2. The molecule has 2 aliphatic rings. The second kappa shape index (κ2) is 8.32. The first-order chi connectivity index (χ1) is 14.8. The summed E-state index contributed by atoms with van der Waals surface area (Å²) in [5, 5.41) is 9.84. The third-order valence-electron chi connectivity index (χ3n) is 5.79. The number of halogens is 3. The highest BCUT2D eigenvalue weighted by molar-refractivity contribution is 5.93. The highest BCUT2D eigenvalue weighted by atomic mass is 19.4. The minimum absolute atomic E-state index is 0.0273. The fourth-order valence-electron chi connectivity index (χ4n) is 3.97. The molecule has 1 aliphatic carbocycles. The molecule has 0 saturated heterocycles. The molecule has 168 valence electrons. The van der Waals surface area contributed by atoms with Crippen molar-refractivity contribution in [3.63, 3.8) is 0 Å². The van der Waals surface area contributed by atoms with Crippen molar-refractivity contribution < 1.29 is 27.4 Å². The number of rotatable bonds is 7. The lowest BCUT2D eigenvalue weighted by molar-refractivity contribution is -0.174. The van der Waals surface area contributed by atoms with Gasteiger partial charge in [-0.05, 0) is 49.3 Å². The van der Waals surface area contributed by atoms with Crippen LogP contribution in [0.3, 0.4) is 0 Å². The maximum atomic E-state index is 13.6. The summed E-state index contributed by atoms with van der Waals surface area (Å²) in [6.07, 6.45) is -2.10. The van der Waals surface area contributed by atoms with E-state index in [1.807, 2.05) is 12.1 Å². The van der Waals surface area contributed by atoms with Gasteiger partial charge in [0.15, 0.2) is 23.2 Å². The van der Waals surface area contributed by atoms with Crippen molar-refractivity contribution in [1.82, 2.24) is 15.1 Å². The third-order valence-corrected chi connectivity index (χ3v) is 5.79. The topological polar surface area (TPSA) is 77.4 Å². The number of carbonyl (C=O) groups is 1. The fourth-order valence-corrected chi connectivity index (χ4v) is 3.97. The lowest BCUT2D eigenvalue weighted by Crippen LogP contribution is -2.40. The van der Waals surface area contributed by atoms with Crippen molar-refractivity contribution in [3.8, 4) is 11.5 Å². The summed E-state index contributed by atoms with van der Waals surface area (Å²) >= 11 is 0. The molecule has 2 N–H and O–H groups in total. The van der Waals surface area contributed by atoms with Crippen molar-refractivity contribution in [2.45, 2.75) is 43.9 Å². The first-order valence-corrected chi connectivity index (χ1v) is 10.2. The first kappa shape index (κ1) is 21.3. The standard InChI is InChI=1S/C21H25F3N4O3/c1-30-16-6-3-12(9-17(16)31-2)7-8-25-20(29)15-11-19-26-14(13-4-5-13)10-18(21(22,23)24)28(19)27-15/h3,6,9,11,13-14,18,26H,4-5,7-8,10H2,1-2H3,(H,25,29)/t14-,18+/m1/s1. The van der Waals surface area contributed by atoms with Gasteiger partial charge < -0.3 is 20.1 Å². The summed E-state index contributed by atoms with van der Waals surface area (Å²) in [7, 11) is 3.09. The maximum Gasteiger partial charge on any atom is 0.410 e. The summed E-state index contributed by atoms with van der Waals surface area (Å²) in [4.78, 5) is 12.5.